The molecule has 2 rings (SSSR count). The molecular formula is C11H17ClN6. The molecule has 18 heavy (non-hydrogen) atoms. The van der Waals surface area contributed by atoms with Crippen molar-refractivity contribution in [3.05, 3.63) is 29.1 Å². The van der Waals surface area contributed by atoms with Gasteiger partial charge in [-0.2, -0.15) is 10.2 Å². The second-order valence-corrected chi connectivity index (χ2v) is 4.68. The molecule has 0 spiro atoms. The molecule has 0 aromatic carbocycles. The molecule has 0 radical (unpaired) electrons. The van der Waals surface area contributed by atoms with Gasteiger partial charge in [-0.05, 0) is 20.4 Å². The number of hydrogen-bond donors (Lipinski definition) is 2. The minimum absolute atomic E-state index is 0.130. The smallest absolute Gasteiger partial charge is 0.147 e. The van der Waals surface area contributed by atoms with Gasteiger partial charge in [-0.1, -0.05) is 18.5 Å². The molecule has 0 amide bonds. The van der Waals surface area contributed by atoms with Gasteiger partial charge in [0.05, 0.1) is 16.9 Å². The van der Waals surface area contributed by atoms with Gasteiger partial charge in [0, 0.05) is 6.04 Å². The number of halogens is 1. The Bertz CT molecular complexity index is 490. The van der Waals surface area contributed by atoms with Gasteiger partial charge in [0.1, 0.15) is 18.2 Å². The van der Waals surface area contributed by atoms with Gasteiger partial charge < -0.3 is 5.32 Å². The first-order chi connectivity index (χ1) is 8.65. The highest BCUT2D eigenvalue weighted by Gasteiger charge is 2.24. The second-order valence-electron chi connectivity index (χ2n) is 4.28. The fraction of sp³-hybridized carbons (Fsp3) is 0.545. The number of H-pyrrole nitrogens is 1. The van der Waals surface area contributed by atoms with Gasteiger partial charge in [0.2, 0.25) is 0 Å². The summed E-state index contributed by atoms with van der Waals surface area (Å²) in [5, 5.41) is 15.1. The van der Waals surface area contributed by atoms with Crippen molar-refractivity contribution >= 4 is 11.6 Å². The summed E-state index contributed by atoms with van der Waals surface area (Å²) in [4.78, 5) is 4.20. The molecule has 2 aromatic rings. The molecule has 0 fully saturated rings. The molecule has 0 aliphatic rings. The Hall–Kier alpha value is -1.40. The van der Waals surface area contributed by atoms with Crippen molar-refractivity contribution in [3.63, 3.8) is 0 Å². The number of hydrogen-bond acceptors (Lipinski definition) is 4. The molecule has 6 nitrogen and oxygen atoms in total. The lowest BCUT2D eigenvalue weighted by Gasteiger charge is -2.19. The fourth-order valence-corrected chi connectivity index (χ4v) is 2.15. The maximum absolute atomic E-state index is 6.25. The van der Waals surface area contributed by atoms with E-state index in [4.69, 9.17) is 11.6 Å². The van der Waals surface area contributed by atoms with Gasteiger partial charge in [0.15, 0.2) is 0 Å². The van der Waals surface area contributed by atoms with Crippen molar-refractivity contribution in [2.75, 3.05) is 6.54 Å². The maximum atomic E-state index is 6.25. The van der Waals surface area contributed by atoms with Crippen LogP contribution in [-0.2, 0) is 0 Å². The third kappa shape index (κ3) is 2.39. The Labute approximate surface area is 111 Å². The molecule has 0 aliphatic heterocycles. The zero-order valence-electron chi connectivity index (χ0n) is 10.7. The van der Waals surface area contributed by atoms with Crippen molar-refractivity contribution in [2.45, 2.75) is 32.9 Å². The molecule has 1 unspecified atom stereocenters. The van der Waals surface area contributed by atoms with Gasteiger partial charge in [-0.15, -0.1) is 0 Å². The lowest BCUT2D eigenvalue weighted by atomic mass is 10.2. The molecule has 98 valence electrons. The van der Waals surface area contributed by atoms with E-state index in [1.165, 1.54) is 6.33 Å². The van der Waals surface area contributed by atoms with E-state index in [0.717, 1.165) is 18.1 Å². The SMILES string of the molecule is CCNC(c1ncn[nH]1)c1c(Cl)cnn1C(C)C. The van der Waals surface area contributed by atoms with E-state index in [-0.39, 0.29) is 12.1 Å². The van der Waals surface area contributed by atoms with Crippen molar-refractivity contribution in [1.29, 1.82) is 0 Å². The first kappa shape index (κ1) is 13.0. The molecule has 2 heterocycles. The van der Waals surface area contributed by atoms with Crippen molar-refractivity contribution in [1.82, 2.24) is 30.3 Å². The summed E-state index contributed by atoms with van der Waals surface area (Å²) in [6.07, 6.45) is 3.15. The third-order valence-corrected chi connectivity index (χ3v) is 2.96. The first-order valence-corrected chi connectivity index (χ1v) is 6.34. The zero-order chi connectivity index (χ0) is 13.1. The summed E-state index contributed by atoms with van der Waals surface area (Å²) in [6, 6.07) is 0.103. The van der Waals surface area contributed by atoms with Gasteiger partial charge >= 0.3 is 0 Å². The topological polar surface area (TPSA) is 71.4 Å². The van der Waals surface area contributed by atoms with Crippen molar-refractivity contribution < 1.29 is 0 Å². The van der Waals surface area contributed by atoms with Crippen LogP contribution < -0.4 is 5.32 Å². The molecule has 0 bridgehead atoms. The van der Waals surface area contributed by atoms with Crippen LogP contribution in [0.2, 0.25) is 5.02 Å². The minimum Gasteiger partial charge on any atom is -0.303 e. The quantitative estimate of drug-likeness (QED) is 0.869. The molecule has 0 aliphatic carbocycles. The van der Waals surface area contributed by atoms with Crippen LogP contribution in [0.4, 0.5) is 0 Å². The number of nitrogens with one attached hydrogen (secondary N) is 2. The predicted octanol–water partition coefficient (Wildman–Crippen LogP) is 1.93. The van der Waals surface area contributed by atoms with E-state index < -0.39 is 0 Å². The Kier molecular flexibility index (Phi) is 3.98. The van der Waals surface area contributed by atoms with Crippen LogP contribution in [-0.4, -0.2) is 31.5 Å². The highest BCUT2D eigenvalue weighted by atomic mass is 35.5. The Morgan fingerprint density at radius 2 is 2.28 bits per heavy atom. The molecule has 2 aromatic heterocycles. The molecule has 2 N–H and O–H groups in total. The summed E-state index contributed by atoms with van der Waals surface area (Å²) < 4.78 is 1.90. The average molecular weight is 269 g/mol. The Morgan fingerprint density at radius 1 is 1.50 bits per heavy atom. The van der Waals surface area contributed by atoms with E-state index in [2.05, 4.69) is 39.4 Å². The third-order valence-electron chi connectivity index (χ3n) is 2.66. The summed E-state index contributed by atoms with van der Waals surface area (Å²) >= 11 is 6.25. The molecule has 0 saturated carbocycles. The Balaban J connectivity index is 2.45. The number of rotatable bonds is 5. The average Bonchev–Trinajstić information content (AvgIpc) is 2.95. The lowest BCUT2D eigenvalue weighted by molar-refractivity contribution is 0.469. The van der Waals surface area contributed by atoms with Crippen LogP contribution in [0.5, 0.6) is 0 Å². The summed E-state index contributed by atoms with van der Waals surface area (Å²) in [5.41, 5.74) is 0.908. The number of nitrogens with zero attached hydrogens (tertiary/aromatic N) is 4. The highest BCUT2D eigenvalue weighted by Crippen LogP contribution is 2.28. The summed E-state index contributed by atoms with van der Waals surface area (Å²) in [7, 11) is 0. The molecule has 7 heteroatoms. The second kappa shape index (κ2) is 5.49. The van der Waals surface area contributed by atoms with Crippen LogP contribution in [0, 0.1) is 0 Å². The lowest BCUT2D eigenvalue weighted by Crippen LogP contribution is -2.26. The van der Waals surface area contributed by atoms with Crippen LogP contribution in [0.3, 0.4) is 0 Å². The Morgan fingerprint density at radius 3 is 2.83 bits per heavy atom. The van der Waals surface area contributed by atoms with Crippen LogP contribution in [0.1, 0.15) is 44.4 Å². The van der Waals surface area contributed by atoms with Crippen molar-refractivity contribution in [3.8, 4) is 0 Å². The maximum Gasteiger partial charge on any atom is 0.147 e. The van der Waals surface area contributed by atoms with Crippen LogP contribution in [0.25, 0.3) is 0 Å². The number of aromatic nitrogens is 5. The summed E-state index contributed by atoms with van der Waals surface area (Å²) in [6.45, 7) is 6.96. The van der Waals surface area contributed by atoms with E-state index in [1.54, 1.807) is 6.20 Å². The number of aromatic amines is 1. The monoisotopic (exact) mass is 268 g/mol. The summed E-state index contributed by atoms with van der Waals surface area (Å²) in [5.74, 6) is 0.737. The van der Waals surface area contributed by atoms with Crippen LogP contribution in [0.15, 0.2) is 12.5 Å². The van der Waals surface area contributed by atoms with E-state index >= 15 is 0 Å². The molecule has 1 atom stereocenters. The van der Waals surface area contributed by atoms with Gasteiger partial charge in [-0.3, -0.25) is 9.78 Å². The van der Waals surface area contributed by atoms with Gasteiger partial charge in [-0.25, -0.2) is 4.98 Å². The molecular weight excluding hydrogens is 252 g/mol. The van der Waals surface area contributed by atoms with E-state index in [0.29, 0.717) is 5.02 Å². The van der Waals surface area contributed by atoms with Crippen molar-refractivity contribution in [2.24, 2.45) is 0 Å². The predicted molar refractivity (Wildman–Crippen MR) is 69.5 cm³/mol. The van der Waals surface area contributed by atoms with Crippen LogP contribution >= 0.6 is 11.6 Å². The fourth-order valence-electron chi connectivity index (χ4n) is 1.91. The first-order valence-electron chi connectivity index (χ1n) is 5.96. The highest BCUT2D eigenvalue weighted by molar-refractivity contribution is 6.31. The standard InChI is InChI=1S/C11H17ClN6/c1-4-13-9(11-14-6-15-17-11)10-8(12)5-16-18(10)7(2)3/h5-7,9,13H,4H2,1-3H3,(H,14,15,17). The van der Waals surface area contributed by atoms with E-state index in [1.807, 2.05) is 11.6 Å². The van der Waals surface area contributed by atoms with Gasteiger partial charge in [0.25, 0.3) is 0 Å². The molecule has 0 saturated heterocycles. The van der Waals surface area contributed by atoms with E-state index in [9.17, 15) is 0 Å². The largest absolute Gasteiger partial charge is 0.303 e. The zero-order valence-corrected chi connectivity index (χ0v) is 11.4. The normalized spacial score (nSPS) is 13.2. The minimum atomic E-state index is -0.130.